The van der Waals surface area contributed by atoms with Crippen LogP contribution >= 0.6 is 0 Å². The molecular weight excluding hydrogens is 120 g/mol. The quantitative estimate of drug-likeness (QED) is 0.560. The van der Waals surface area contributed by atoms with E-state index in [2.05, 4.69) is 9.68 Å². The van der Waals surface area contributed by atoms with Crippen molar-refractivity contribution >= 4 is 5.88 Å². The molecule has 0 unspecified atom stereocenters. The lowest BCUT2D eigenvalue weighted by Crippen LogP contribution is -1.87. The highest BCUT2D eigenvalue weighted by Crippen LogP contribution is 2.13. The van der Waals surface area contributed by atoms with Gasteiger partial charge in [-0.05, 0) is 6.92 Å². The van der Waals surface area contributed by atoms with Crippen LogP contribution in [0.3, 0.4) is 0 Å². The van der Waals surface area contributed by atoms with Gasteiger partial charge in [0.15, 0.2) is 0 Å². The number of nitrogen functional groups attached to an aromatic ring is 1. The fraction of sp³-hybridized carbons (Fsp3) is 0.400. The number of aliphatic hydroxyl groups excluding tert-OH is 1. The first-order valence-corrected chi connectivity index (χ1v) is 2.57. The molecule has 1 heterocycles. The van der Waals surface area contributed by atoms with Crippen LogP contribution in [0, 0.1) is 6.92 Å². The lowest BCUT2D eigenvalue weighted by molar-refractivity contribution is 0.267. The molecule has 9 heavy (non-hydrogen) atoms. The summed E-state index contributed by atoms with van der Waals surface area (Å²) < 4.78 is 4.55. The lowest BCUT2D eigenvalue weighted by atomic mass is 10.3. The van der Waals surface area contributed by atoms with Crippen LogP contribution in [0.1, 0.15) is 11.3 Å². The summed E-state index contributed by atoms with van der Waals surface area (Å²) in [5.74, 6) is 0.277. The molecule has 0 aromatic carbocycles. The Balaban J connectivity index is 3.04. The van der Waals surface area contributed by atoms with E-state index in [1.807, 2.05) is 0 Å². The zero-order chi connectivity index (χ0) is 6.85. The number of aromatic nitrogens is 1. The zero-order valence-electron chi connectivity index (χ0n) is 5.09. The number of aliphatic hydroxyl groups is 1. The van der Waals surface area contributed by atoms with E-state index in [9.17, 15) is 0 Å². The van der Waals surface area contributed by atoms with Gasteiger partial charge in [0.1, 0.15) is 5.69 Å². The molecule has 0 radical (unpaired) electrons. The molecule has 0 atom stereocenters. The van der Waals surface area contributed by atoms with E-state index in [1.165, 1.54) is 0 Å². The minimum Gasteiger partial charge on any atom is -0.390 e. The Morgan fingerprint density at radius 1 is 1.78 bits per heavy atom. The average Bonchev–Trinajstić information content (AvgIpc) is 2.15. The summed E-state index contributed by atoms with van der Waals surface area (Å²) in [7, 11) is 0. The molecule has 0 aliphatic rings. The molecule has 0 fully saturated rings. The van der Waals surface area contributed by atoms with Gasteiger partial charge in [-0.2, -0.15) is 0 Å². The molecule has 0 saturated carbocycles. The summed E-state index contributed by atoms with van der Waals surface area (Å²) in [6.45, 7) is 1.63. The molecule has 0 saturated heterocycles. The van der Waals surface area contributed by atoms with Gasteiger partial charge in [0, 0.05) is 5.56 Å². The maximum Gasteiger partial charge on any atom is 0.225 e. The smallest absolute Gasteiger partial charge is 0.225 e. The number of rotatable bonds is 1. The van der Waals surface area contributed by atoms with Gasteiger partial charge in [0.2, 0.25) is 5.88 Å². The Morgan fingerprint density at radius 3 is 2.67 bits per heavy atom. The standard InChI is InChI=1S/C5H8N2O2/c1-3-4(2-8)7-9-5(3)6/h8H,2,6H2,1H3. The summed E-state index contributed by atoms with van der Waals surface area (Å²) >= 11 is 0. The molecule has 0 aliphatic carbocycles. The molecule has 0 spiro atoms. The monoisotopic (exact) mass is 128 g/mol. The molecule has 0 amide bonds. The first-order chi connectivity index (χ1) is 4.25. The SMILES string of the molecule is Cc1c(CO)noc1N. The first-order valence-electron chi connectivity index (χ1n) is 2.57. The Labute approximate surface area is 52.3 Å². The van der Waals surface area contributed by atoms with Crippen LogP contribution < -0.4 is 5.73 Å². The molecule has 50 valence electrons. The van der Waals surface area contributed by atoms with Crippen LogP contribution in [0.25, 0.3) is 0 Å². The Bertz CT molecular complexity index is 207. The molecule has 4 heteroatoms. The minimum atomic E-state index is -0.119. The summed E-state index contributed by atoms with van der Waals surface area (Å²) in [5.41, 5.74) is 6.50. The first kappa shape index (κ1) is 6.10. The molecule has 1 aromatic rings. The summed E-state index contributed by atoms with van der Waals surface area (Å²) in [6, 6.07) is 0. The van der Waals surface area contributed by atoms with E-state index < -0.39 is 0 Å². The summed E-state index contributed by atoms with van der Waals surface area (Å²) in [6.07, 6.45) is 0. The number of nitrogens with two attached hydrogens (primary N) is 1. The molecule has 1 rings (SSSR count). The van der Waals surface area contributed by atoms with Gasteiger partial charge in [-0.25, -0.2) is 0 Å². The highest BCUT2D eigenvalue weighted by Gasteiger charge is 2.05. The van der Waals surface area contributed by atoms with Gasteiger partial charge in [0.05, 0.1) is 6.61 Å². The summed E-state index contributed by atoms with van der Waals surface area (Å²) in [5, 5.41) is 12.0. The van der Waals surface area contributed by atoms with E-state index in [4.69, 9.17) is 10.8 Å². The van der Waals surface area contributed by atoms with Crippen LogP contribution in [0.4, 0.5) is 5.88 Å². The highest BCUT2D eigenvalue weighted by atomic mass is 16.5. The molecule has 4 nitrogen and oxygen atoms in total. The van der Waals surface area contributed by atoms with E-state index in [-0.39, 0.29) is 12.5 Å². The second-order valence-electron chi connectivity index (χ2n) is 1.78. The van der Waals surface area contributed by atoms with Crippen LogP contribution in [0.2, 0.25) is 0 Å². The van der Waals surface area contributed by atoms with Crippen LogP contribution in [0.15, 0.2) is 4.52 Å². The largest absolute Gasteiger partial charge is 0.390 e. The highest BCUT2D eigenvalue weighted by molar-refractivity contribution is 5.36. The fourth-order valence-corrected chi connectivity index (χ4v) is 0.531. The van der Waals surface area contributed by atoms with Crippen molar-refractivity contribution in [1.82, 2.24) is 5.16 Å². The van der Waals surface area contributed by atoms with Crippen molar-refractivity contribution in [3.8, 4) is 0 Å². The predicted molar refractivity (Wildman–Crippen MR) is 31.6 cm³/mol. The third-order valence-corrected chi connectivity index (χ3v) is 1.21. The predicted octanol–water partition coefficient (Wildman–Crippen LogP) is 0.0575. The Kier molecular flexibility index (Phi) is 1.40. The van der Waals surface area contributed by atoms with E-state index in [1.54, 1.807) is 6.92 Å². The zero-order valence-corrected chi connectivity index (χ0v) is 5.09. The van der Waals surface area contributed by atoms with Crippen molar-refractivity contribution in [1.29, 1.82) is 0 Å². The minimum absolute atomic E-state index is 0.119. The number of nitrogens with zero attached hydrogens (tertiary/aromatic N) is 1. The topological polar surface area (TPSA) is 72.3 Å². The van der Waals surface area contributed by atoms with Gasteiger partial charge >= 0.3 is 0 Å². The number of hydrogen-bond donors (Lipinski definition) is 2. The van der Waals surface area contributed by atoms with Crippen molar-refractivity contribution in [3.05, 3.63) is 11.3 Å². The summed E-state index contributed by atoms with van der Waals surface area (Å²) in [4.78, 5) is 0. The normalized spacial score (nSPS) is 10.0. The maximum atomic E-state index is 8.55. The van der Waals surface area contributed by atoms with Gasteiger partial charge < -0.3 is 15.4 Å². The number of anilines is 1. The maximum absolute atomic E-state index is 8.55. The fourth-order valence-electron chi connectivity index (χ4n) is 0.531. The average molecular weight is 128 g/mol. The van der Waals surface area contributed by atoms with Crippen LogP contribution in [0.5, 0.6) is 0 Å². The molecule has 0 aliphatic heterocycles. The number of hydrogen-bond acceptors (Lipinski definition) is 4. The van der Waals surface area contributed by atoms with Crippen LogP contribution in [-0.2, 0) is 6.61 Å². The van der Waals surface area contributed by atoms with Gasteiger partial charge in [-0.1, -0.05) is 5.16 Å². The third-order valence-electron chi connectivity index (χ3n) is 1.21. The van der Waals surface area contributed by atoms with Gasteiger partial charge in [0.25, 0.3) is 0 Å². The van der Waals surface area contributed by atoms with Crippen molar-refractivity contribution < 1.29 is 9.63 Å². The Hall–Kier alpha value is -1.03. The second-order valence-corrected chi connectivity index (χ2v) is 1.78. The van der Waals surface area contributed by atoms with Gasteiger partial charge in [-0.15, -0.1) is 0 Å². The van der Waals surface area contributed by atoms with Crippen molar-refractivity contribution in [3.63, 3.8) is 0 Å². The van der Waals surface area contributed by atoms with Crippen molar-refractivity contribution in [2.75, 3.05) is 5.73 Å². The molecule has 0 bridgehead atoms. The molecule has 3 N–H and O–H groups in total. The second kappa shape index (κ2) is 2.06. The lowest BCUT2D eigenvalue weighted by Gasteiger charge is -1.85. The van der Waals surface area contributed by atoms with Crippen molar-refractivity contribution in [2.45, 2.75) is 13.5 Å². The Morgan fingerprint density at radius 2 is 2.44 bits per heavy atom. The molecular formula is C5H8N2O2. The van der Waals surface area contributed by atoms with E-state index in [0.29, 0.717) is 5.69 Å². The third kappa shape index (κ3) is 0.882. The molecule has 1 aromatic heterocycles. The van der Waals surface area contributed by atoms with E-state index >= 15 is 0 Å². The van der Waals surface area contributed by atoms with Crippen LogP contribution in [-0.4, -0.2) is 10.3 Å². The van der Waals surface area contributed by atoms with E-state index in [0.717, 1.165) is 5.56 Å². The van der Waals surface area contributed by atoms with Gasteiger partial charge in [-0.3, -0.25) is 0 Å². The van der Waals surface area contributed by atoms with Crippen molar-refractivity contribution in [2.24, 2.45) is 0 Å².